The Morgan fingerprint density at radius 2 is 1.74 bits per heavy atom. The summed E-state index contributed by atoms with van der Waals surface area (Å²) in [6.45, 7) is 2.08. The van der Waals surface area contributed by atoms with E-state index in [4.69, 9.17) is 5.73 Å². The quantitative estimate of drug-likeness (QED) is 0.910. The van der Waals surface area contributed by atoms with Gasteiger partial charge in [-0.2, -0.15) is 5.10 Å². The standard InChI is InChI=1S/C15H15N3S/c1-11-7-9-12(10-8-11)14-17-18(15(16)19-14)13-5-3-2-4-6-13/h2-10,15H,16H2,1H3. The van der Waals surface area contributed by atoms with Crippen LogP contribution in [0, 0.1) is 6.92 Å². The molecule has 0 saturated carbocycles. The number of nitrogens with two attached hydrogens (primary N) is 1. The lowest BCUT2D eigenvalue weighted by atomic mass is 10.2. The van der Waals surface area contributed by atoms with Crippen molar-refractivity contribution >= 4 is 22.5 Å². The Bertz CT molecular complexity index is 593. The number of benzene rings is 2. The Morgan fingerprint density at radius 3 is 2.42 bits per heavy atom. The van der Waals surface area contributed by atoms with Crippen LogP contribution >= 0.6 is 11.8 Å². The zero-order valence-electron chi connectivity index (χ0n) is 10.7. The normalized spacial score (nSPS) is 18.5. The van der Waals surface area contributed by atoms with Gasteiger partial charge >= 0.3 is 0 Å². The number of aryl methyl sites for hydroxylation is 1. The molecule has 19 heavy (non-hydrogen) atoms. The number of para-hydroxylation sites is 1. The first-order chi connectivity index (χ1) is 9.24. The first kappa shape index (κ1) is 12.3. The van der Waals surface area contributed by atoms with Gasteiger partial charge in [-0.1, -0.05) is 59.8 Å². The summed E-state index contributed by atoms with van der Waals surface area (Å²) in [6.07, 6.45) is 0. The molecule has 0 aliphatic carbocycles. The maximum Gasteiger partial charge on any atom is 0.152 e. The number of hydrogen-bond acceptors (Lipinski definition) is 4. The molecule has 1 unspecified atom stereocenters. The van der Waals surface area contributed by atoms with Crippen LogP contribution in [0.15, 0.2) is 59.7 Å². The van der Waals surface area contributed by atoms with Crippen molar-refractivity contribution in [3.05, 3.63) is 65.7 Å². The molecule has 3 rings (SSSR count). The van der Waals surface area contributed by atoms with E-state index in [0.717, 1.165) is 16.3 Å². The van der Waals surface area contributed by atoms with E-state index < -0.39 is 0 Å². The van der Waals surface area contributed by atoms with Gasteiger partial charge in [0.1, 0.15) is 5.04 Å². The van der Waals surface area contributed by atoms with Crippen LogP contribution in [-0.4, -0.2) is 10.5 Å². The Morgan fingerprint density at radius 1 is 1.05 bits per heavy atom. The molecule has 0 fully saturated rings. The second-order valence-electron chi connectivity index (χ2n) is 4.46. The smallest absolute Gasteiger partial charge is 0.152 e. The molecule has 2 N–H and O–H groups in total. The van der Waals surface area contributed by atoms with E-state index in [1.54, 1.807) is 11.8 Å². The number of nitrogens with zero attached hydrogens (tertiary/aromatic N) is 2. The minimum absolute atomic E-state index is 0.168. The van der Waals surface area contributed by atoms with Crippen molar-refractivity contribution in [1.82, 2.24) is 0 Å². The van der Waals surface area contributed by atoms with Crippen LogP contribution in [0.4, 0.5) is 5.69 Å². The van der Waals surface area contributed by atoms with Crippen LogP contribution in [0.5, 0.6) is 0 Å². The number of anilines is 1. The van der Waals surface area contributed by atoms with E-state index in [-0.39, 0.29) is 5.50 Å². The monoisotopic (exact) mass is 269 g/mol. The van der Waals surface area contributed by atoms with Gasteiger partial charge in [0.15, 0.2) is 5.50 Å². The average Bonchev–Trinajstić information content (AvgIpc) is 2.83. The fraction of sp³-hybridized carbons (Fsp3) is 0.133. The SMILES string of the molecule is Cc1ccc(C2=NN(c3ccccc3)C(N)S2)cc1. The van der Waals surface area contributed by atoms with E-state index in [9.17, 15) is 0 Å². The van der Waals surface area contributed by atoms with Crippen molar-refractivity contribution in [3.8, 4) is 0 Å². The molecule has 4 heteroatoms. The van der Waals surface area contributed by atoms with Crippen LogP contribution in [0.2, 0.25) is 0 Å². The third-order valence-electron chi connectivity index (χ3n) is 2.99. The molecular formula is C15H15N3S. The molecule has 3 nitrogen and oxygen atoms in total. The molecule has 0 amide bonds. The third kappa shape index (κ3) is 2.50. The summed E-state index contributed by atoms with van der Waals surface area (Å²) >= 11 is 1.58. The summed E-state index contributed by atoms with van der Waals surface area (Å²) in [5.74, 6) is 0. The summed E-state index contributed by atoms with van der Waals surface area (Å²) in [5, 5.41) is 7.46. The molecule has 0 aromatic heterocycles. The second-order valence-corrected chi connectivity index (χ2v) is 5.57. The third-order valence-corrected chi connectivity index (χ3v) is 3.97. The van der Waals surface area contributed by atoms with Crippen molar-refractivity contribution in [1.29, 1.82) is 0 Å². The van der Waals surface area contributed by atoms with Crippen molar-refractivity contribution in [2.75, 3.05) is 5.01 Å². The number of hydrogen-bond donors (Lipinski definition) is 1. The Hall–Kier alpha value is -1.78. The largest absolute Gasteiger partial charge is 0.301 e. The van der Waals surface area contributed by atoms with Gasteiger partial charge in [-0.3, -0.25) is 0 Å². The van der Waals surface area contributed by atoms with Crippen LogP contribution in [0.1, 0.15) is 11.1 Å². The topological polar surface area (TPSA) is 41.6 Å². The van der Waals surface area contributed by atoms with E-state index in [1.807, 2.05) is 35.3 Å². The molecule has 96 valence electrons. The Labute approximate surface area is 117 Å². The van der Waals surface area contributed by atoms with Crippen LogP contribution in [0.25, 0.3) is 0 Å². The van der Waals surface area contributed by atoms with Gasteiger partial charge in [-0.25, -0.2) is 5.01 Å². The van der Waals surface area contributed by atoms with Crippen LogP contribution in [0.3, 0.4) is 0 Å². The van der Waals surface area contributed by atoms with E-state index in [2.05, 4.69) is 36.3 Å². The average molecular weight is 269 g/mol. The maximum atomic E-state index is 6.14. The van der Waals surface area contributed by atoms with Crippen molar-refractivity contribution in [3.63, 3.8) is 0 Å². The van der Waals surface area contributed by atoms with E-state index >= 15 is 0 Å². The van der Waals surface area contributed by atoms with Gasteiger partial charge in [0, 0.05) is 5.56 Å². The molecule has 1 heterocycles. The van der Waals surface area contributed by atoms with Gasteiger partial charge < -0.3 is 5.73 Å². The van der Waals surface area contributed by atoms with Gasteiger partial charge in [0.05, 0.1) is 5.69 Å². The van der Waals surface area contributed by atoms with Crippen molar-refractivity contribution in [2.45, 2.75) is 12.4 Å². The minimum atomic E-state index is -0.168. The van der Waals surface area contributed by atoms with E-state index in [1.165, 1.54) is 5.56 Å². The molecule has 0 bridgehead atoms. The van der Waals surface area contributed by atoms with Gasteiger partial charge in [-0.15, -0.1) is 0 Å². The number of thioether (sulfide) groups is 1. The van der Waals surface area contributed by atoms with Gasteiger partial charge in [-0.05, 0) is 19.1 Å². The summed E-state index contributed by atoms with van der Waals surface area (Å²) in [7, 11) is 0. The number of hydrazone groups is 1. The van der Waals surface area contributed by atoms with Crippen LogP contribution < -0.4 is 10.7 Å². The highest BCUT2D eigenvalue weighted by Crippen LogP contribution is 2.30. The first-order valence-electron chi connectivity index (χ1n) is 6.16. The molecule has 1 atom stereocenters. The summed E-state index contributed by atoms with van der Waals surface area (Å²) in [6, 6.07) is 18.4. The Kier molecular flexibility index (Phi) is 3.27. The molecule has 1 aliphatic heterocycles. The summed E-state index contributed by atoms with van der Waals surface area (Å²) in [5.41, 5.74) is 9.36. The summed E-state index contributed by atoms with van der Waals surface area (Å²) < 4.78 is 0. The molecule has 0 spiro atoms. The number of rotatable bonds is 2. The minimum Gasteiger partial charge on any atom is -0.301 e. The lowest BCUT2D eigenvalue weighted by Gasteiger charge is -2.18. The molecular weight excluding hydrogens is 254 g/mol. The summed E-state index contributed by atoms with van der Waals surface area (Å²) in [4.78, 5) is 0. The van der Waals surface area contributed by atoms with Crippen molar-refractivity contribution in [2.24, 2.45) is 10.8 Å². The zero-order valence-corrected chi connectivity index (χ0v) is 11.5. The lowest BCUT2D eigenvalue weighted by molar-refractivity contribution is 0.833. The molecule has 2 aromatic rings. The molecule has 1 aliphatic rings. The fourth-order valence-electron chi connectivity index (χ4n) is 1.95. The fourth-order valence-corrected chi connectivity index (χ4v) is 2.85. The maximum absolute atomic E-state index is 6.14. The lowest BCUT2D eigenvalue weighted by Crippen LogP contribution is -2.31. The van der Waals surface area contributed by atoms with Gasteiger partial charge in [0.25, 0.3) is 0 Å². The van der Waals surface area contributed by atoms with Crippen molar-refractivity contribution < 1.29 is 0 Å². The van der Waals surface area contributed by atoms with Crippen LogP contribution in [-0.2, 0) is 0 Å². The molecule has 0 saturated heterocycles. The predicted octanol–water partition coefficient (Wildman–Crippen LogP) is 3.15. The highest BCUT2D eigenvalue weighted by Gasteiger charge is 2.25. The van der Waals surface area contributed by atoms with E-state index in [0.29, 0.717) is 0 Å². The first-order valence-corrected chi connectivity index (χ1v) is 7.04. The highest BCUT2D eigenvalue weighted by molar-refractivity contribution is 8.15. The molecule has 0 radical (unpaired) electrons. The predicted molar refractivity (Wildman–Crippen MR) is 82.2 cm³/mol. The van der Waals surface area contributed by atoms with Gasteiger partial charge in [0.2, 0.25) is 0 Å². The highest BCUT2D eigenvalue weighted by atomic mass is 32.2. The molecule has 2 aromatic carbocycles. The Balaban J connectivity index is 1.91. The second kappa shape index (κ2) is 5.07. The zero-order chi connectivity index (χ0) is 13.2.